The molecule has 0 saturated carbocycles. The van der Waals surface area contributed by atoms with E-state index in [2.05, 4.69) is 0 Å². The van der Waals surface area contributed by atoms with Crippen LogP contribution in [0.5, 0.6) is 0 Å². The number of hydrogen-bond acceptors (Lipinski definition) is 5. The van der Waals surface area contributed by atoms with Gasteiger partial charge in [-0.25, -0.2) is 13.2 Å². The molecule has 3 rings (SSSR count). The topological polar surface area (TPSA) is 80.8 Å². The summed E-state index contributed by atoms with van der Waals surface area (Å²) in [6.45, 7) is 1.75. The van der Waals surface area contributed by atoms with Gasteiger partial charge in [-0.15, -0.1) is 0 Å². The van der Waals surface area contributed by atoms with Crippen molar-refractivity contribution in [3.8, 4) is 0 Å². The molecular weight excluding hydrogens is 414 g/mol. The highest BCUT2D eigenvalue weighted by molar-refractivity contribution is 7.88. The first-order valence-corrected chi connectivity index (χ1v) is 11.2. The molecule has 0 amide bonds. The quantitative estimate of drug-likeness (QED) is 0.515. The van der Waals surface area contributed by atoms with Crippen molar-refractivity contribution >= 4 is 33.4 Å². The van der Waals surface area contributed by atoms with Crippen molar-refractivity contribution < 1.29 is 22.7 Å². The highest BCUT2D eigenvalue weighted by atomic mass is 35.5. The number of esters is 1. The number of ether oxygens (including phenoxy) is 1. The van der Waals surface area contributed by atoms with E-state index in [9.17, 15) is 18.0 Å². The molecule has 2 atom stereocenters. The van der Waals surface area contributed by atoms with Gasteiger partial charge < -0.3 is 4.74 Å². The minimum Gasteiger partial charge on any atom is -0.463 e. The molecule has 0 bridgehead atoms. The zero-order valence-electron chi connectivity index (χ0n) is 15.9. The minimum atomic E-state index is -3.87. The molecule has 0 spiro atoms. The van der Waals surface area contributed by atoms with Gasteiger partial charge in [-0.05, 0) is 30.7 Å². The van der Waals surface area contributed by atoms with Crippen LogP contribution in [-0.2, 0) is 19.6 Å². The maximum atomic E-state index is 13.3. The summed E-state index contributed by atoms with van der Waals surface area (Å²) >= 11 is 5.95. The molecule has 152 valence electrons. The van der Waals surface area contributed by atoms with Gasteiger partial charge in [0.2, 0.25) is 10.0 Å². The average Bonchev–Trinajstić information content (AvgIpc) is 3.10. The molecule has 1 heterocycles. The van der Waals surface area contributed by atoms with E-state index in [-0.39, 0.29) is 12.2 Å². The van der Waals surface area contributed by atoms with Crippen molar-refractivity contribution in [2.45, 2.75) is 19.0 Å². The Bertz CT molecular complexity index is 1050. The van der Waals surface area contributed by atoms with Gasteiger partial charge in [-0.1, -0.05) is 54.1 Å². The van der Waals surface area contributed by atoms with Crippen LogP contribution in [0.25, 0.3) is 0 Å². The van der Waals surface area contributed by atoms with E-state index in [1.165, 1.54) is 6.08 Å². The molecule has 0 N–H and O–H groups in total. The maximum absolute atomic E-state index is 13.3. The summed E-state index contributed by atoms with van der Waals surface area (Å²) in [5.74, 6) is -1.21. The first-order valence-electron chi connectivity index (χ1n) is 8.96. The summed E-state index contributed by atoms with van der Waals surface area (Å²) in [5.41, 5.74) is 0.897. The predicted molar refractivity (Wildman–Crippen MR) is 110 cm³/mol. The van der Waals surface area contributed by atoms with Crippen LogP contribution in [0.3, 0.4) is 0 Å². The fourth-order valence-corrected chi connectivity index (χ4v) is 4.66. The first-order chi connectivity index (χ1) is 13.7. The summed E-state index contributed by atoms with van der Waals surface area (Å²) in [6, 6.07) is 12.7. The molecule has 1 aliphatic rings. The third kappa shape index (κ3) is 4.42. The smallest absolute Gasteiger partial charge is 0.335 e. The third-order valence-corrected chi connectivity index (χ3v) is 6.03. The monoisotopic (exact) mass is 433 g/mol. The maximum Gasteiger partial charge on any atom is 0.335 e. The summed E-state index contributed by atoms with van der Waals surface area (Å²) in [4.78, 5) is 25.9. The summed E-state index contributed by atoms with van der Waals surface area (Å²) in [5, 5.41) is 0.490. The van der Waals surface area contributed by atoms with Crippen molar-refractivity contribution in [2.75, 3.05) is 12.9 Å². The number of Topliss-reactive ketones (excluding diaryl/α,β-unsaturated/α-hetero) is 1. The van der Waals surface area contributed by atoms with Gasteiger partial charge in [0.05, 0.1) is 24.5 Å². The molecule has 2 aromatic carbocycles. The standard InChI is InChI=1S/C21H20ClNO5S/c1-3-28-21(25)17-13-18(14-9-11-16(22)12-10-14)23(29(2,26)27)19(17)20(24)15-7-5-4-6-8-15/h4-13,18-19H,3H2,1-2H3. The summed E-state index contributed by atoms with van der Waals surface area (Å²) in [7, 11) is -3.87. The highest BCUT2D eigenvalue weighted by Crippen LogP contribution is 2.39. The second-order valence-corrected chi connectivity index (χ2v) is 8.89. The van der Waals surface area contributed by atoms with Gasteiger partial charge in [0.1, 0.15) is 6.04 Å². The van der Waals surface area contributed by atoms with Gasteiger partial charge in [0, 0.05) is 10.6 Å². The Kier molecular flexibility index (Phi) is 6.21. The lowest BCUT2D eigenvalue weighted by Crippen LogP contribution is -2.44. The van der Waals surface area contributed by atoms with Crippen LogP contribution < -0.4 is 0 Å². The van der Waals surface area contributed by atoms with Crippen molar-refractivity contribution in [1.29, 1.82) is 0 Å². The van der Waals surface area contributed by atoms with E-state index >= 15 is 0 Å². The van der Waals surface area contributed by atoms with Crippen LogP contribution in [0.4, 0.5) is 0 Å². The van der Waals surface area contributed by atoms with Gasteiger partial charge >= 0.3 is 5.97 Å². The van der Waals surface area contributed by atoms with Gasteiger partial charge in [-0.2, -0.15) is 4.31 Å². The van der Waals surface area contributed by atoms with Crippen molar-refractivity contribution in [3.05, 3.63) is 82.4 Å². The molecule has 29 heavy (non-hydrogen) atoms. The fraction of sp³-hybridized carbons (Fsp3) is 0.238. The first kappa shape index (κ1) is 21.2. The number of hydrogen-bond donors (Lipinski definition) is 0. The molecule has 0 fully saturated rings. The Morgan fingerprint density at radius 3 is 2.24 bits per heavy atom. The van der Waals surface area contributed by atoms with Crippen LogP contribution in [-0.4, -0.2) is 43.4 Å². The van der Waals surface area contributed by atoms with E-state index < -0.39 is 33.9 Å². The Balaban J connectivity index is 2.16. The number of nitrogens with zero attached hydrogens (tertiary/aromatic N) is 1. The van der Waals surface area contributed by atoms with Crippen LogP contribution in [0.2, 0.25) is 5.02 Å². The van der Waals surface area contributed by atoms with Crippen LogP contribution in [0.15, 0.2) is 66.2 Å². The Morgan fingerprint density at radius 2 is 1.69 bits per heavy atom. The normalized spacial score (nSPS) is 19.6. The van der Waals surface area contributed by atoms with E-state index in [1.807, 2.05) is 0 Å². The number of rotatable bonds is 6. The van der Waals surface area contributed by atoms with Crippen LogP contribution in [0.1, 0.15) is 28.9 Å². The number of halogens is 1. The molecule has 1 aliphatic heterocycles. The molecule has 0 saturated heterocycles. The van der Waals surface area contributed by atoms with Gasteiger partial charge in [0.15, 0.2) is 5.78 Å². The lowest BCUT2D eigenvalue weighted by atomic mass is 9.99. The van der Waals surface area contributed by atoms with E-state index in [0.29, 0.717) is 16.1 Å². The van der Waals surface area contributed by atoms with Crippen molar-refractivity contribution in [3.63, 3.8) is 0 Å². The number of benzene rings is 2. The predicted octanol–water partition coefficient (Wildman–Crippen LogP) is 3.40. The van der Waals surface area contributed by atoms with Crippen LogP contribution >= 0.6 is 11.6 Å². The molecule has 0 aliphatic carbocycles. The zero-order chi connectivity index (χ0) is 21.2. The van der Waals surface area contributed by atoms with Gasteiger partial charge in [0.25, 0.3) is 0 Å². The molecule has 2 unspecified atom stereocenters. The zero-order valence-corrected chi connectivity index (χ0v) is 17.5. The van der Waals surface area contributed by atoms with Crippen molar-refractivity contribution in [2.24, 2.45) is 0 Å². The number of carbonyl (C=O) groups excluding carboxylic acids is 2. The Labute approximate surface area is 174 Å². The summed E-state index contributed by atoms with van der Waals surface area (Å²) < 4.78 is 31.6. The van der Waals surface area contributed by atoms with Gasteiger partial charge in [-0.3, -0.25) is 4.79 Å². The SMILES string of the molecule is CCOC(=O)C1=CC(c2ccc(Cl)cc2)N(S(C)(=O)=O)C1C(=O)c1ccccc1. The molecular formula is C21H20ClNO5S. The largest absolute Gasteiger partial charge is 0.463 e. The number of sulfonamides is 1. The second kappa shape index (κ2) is 8.49. The van der Waals surface area contributed by atoms with Crippen molar-refractivity contribution in [1.82, 2.24) is 4.31 Å². The highest BCUT2D eigenvalue weighted by Gasteiger charge is 2.47. The Morgan fingerprint density at radius 1 is 1.07 bits per heavy atom. The second-order valence-electron chi connectivity index (χ2n) is 6.56. The lowest BCUT2D eigenvalue weighted by Gasteiger charge is -2.28. The Hall–Kier alpha value is -2.48. The lowest BCUT2D eigenvalue weighted by molar-refractivity contribution is -0.138. The van der Waals surface area contributed by atoms with E-state index in [0.717, 1.165) is 10.6 Å². The third-order valence-electron chi connectivity index (χ3n) is 4.57. The van der Waals surface area contributed by atoms with Crippen LogP contribution in [0, 0.1) is 0 Å². The average molecular weight is 434 g/mol. The molecule has 0 radical (unpaired) electrons. The van der Waals surface area contributed by atoms with E-state index in [4.69, 9.17) is 16.3 Å². The molecule has 6 nitrogen and oxygen atoms in total. The molecule has 2 aromatic rings. The number of carbonyl (C=O) groups is 2. The minimum absolute atomic E-state index is 0.00563. The van der Waals surface area contributed by atoms with E-state index in [1.54, 1.807) is 61.5 Å². The summed E-state index contributed by atoms with van der Waals surface area (Å²) in [6.07, 6.45) is 2.50. The number of ketones is 1. The molecule has 8 heteroatoms. The fourth-order valence-electron chi connectivity index (χ4n) is 3.34. The molecule has 0 aromatic heterocycles.